The van der Waals surface area contributed by atoms with E-state index in [-0.39, 0.29) is 23.9 Å². The standard InChI is InChI=1S/C25H26ClN3O/c1-15-10-20-19-4-2-3-5-21(19)27-23(20)24(29(15)22(30)14-26)17-6-8-18(9-7-17)28-25-11-16(12-25)13-25/h2-9,15-16,24,27-28H,10-14H2,1H3/t15-,16?,24-,25?/m0/s1. The van der Waals surface area contributed by atoms with E-state index in [0.717, 1.165) is 29.1 Å². The van der Waals surface area contributed by atoms with Gasteiger partial charge in [-0.15, -0.1) is 11.6 Å². The van der Waals surface area contributed by atoms with E-state index in [1.807, 2.05) is 4.90 Å². The lowest BCUT2D eigenvalue weighted by Crippen LogP contribution is -2.63. The van der Waals surface area contributed by atoms with Gasteiger partial charge in [-0.2, -0.15) is 0 Å². The minimum absolute atomic E-state index is 0.000270. The van der Waals surface area contributed by atoms with Gasteiger partial charge in [0.25, 0.3) is 0 Å². The number of nitrogens with zero attached hydrogens (tertiary/aromatic N) is 1. The molecule has 4 nitrogen and oxygen atoms in total. The lowest BCUT2D eigenvalue weighted by molar-refractivity contribution is -0.133. The summed E-state index contributed by atoms with van der Waals surface area (Å²) in [7, 11) is 0. The summed E-state index contributed by atoms with van der Waals surface area (Å²) < 4.78 is 0. The molecule has 154 valence electrons. The summed E-state index contributed by atoms with van der Waals surface area (Å²) in [5.41, 5.74) is 6.22. The van der Waals surface area contributed by atoms with Crippen molar-refractivity contribution in [2.45, 2.75) is 50.2 Å². The Bertz CT molecular complexity index is 1120. The molecule has 0 radical (unpaired) electrons. The average Bonchev–Trinajstić information content (AvgIpc) is 3.07. The molecule has 3 saturated carbocycles. The number of fused-ring (bicyclic) bond motifs is 3. The molecule has 1 amide bonds. The number of hydrogen-bond acceptors (Lipinski definition) is 2. The van der Waals surface area contributed by atoms with Crippen LogP contribution in [0.25, 0.3) is 10.9 Å². The van der Waals surface area contributed by atoms with E-state index in [0.29, 0.717) is 5.54 Å². The molecule has 0 unspecified atom stereocenters. The molecule has 1 aliphatic heterocycles. The third kappa shape index (κ3) is 2.63. The number of H-pyrrole nitrogens is 1. The summed E-state index contributed by atoms with van der Waals surface area (Å²) in [6.07, 6.45) is 4.77. The lowest BCUT2D eigenvalue weighted by atomic mass is 9.50. The fourth-order valence-corrected chi connectivity index (χ4v) is 6.07. The minimum atomic E-state index is -0.147. The van der Waals surface area contributed by atoms with Crippen molar-refractivity contribution >= 4 is 34.1 Å². The smallest absolute Gasteiger partial charge is 0.238 e. The molecule has 3 aliphatic carbocycles. The molecule has 3 fully saturated rings. The summed E-state index contributed by atoms with van der Waals surface area (Å²) in [4.78, 5) is 18.4. The fourth-order valence-electron chi connectivity index (χ4n) is 5.93. The van der Waals surface area contributed by atoms with Crippen molar-refractivity contribution in [3.05, 3.63) is 65.4 Å². The van der Waals surface area contributed by atoms with Crippen LogP contribution in [-0.2, 0) is 11.2 Å². The molecule has 0 spiro atoms. The van der Waals surface area contributed by atoms with Crippen molar-refractivity contribution < 1.29 is 4.79 Å². The number of halogens is 1. The molecule has 1 aromatic heterocycles. The maximum atomic E-state index is 12.9. The van der Waals surface area contributed by atoms with Gasteiger partial charge in [-0.25, -0.2) is 0 Å². The van der Waals surface area contributed by atoms with Crippen LogP contribution in [0.2, 0.25) is 0 Å². The SMILES string of the molecule is C[C@H]1Cc2c([nH]c3ccccc23)[C@H](c2ccc(NC34CC(C3)C4)cc2)N1C(=O)CCl. The highest BCUT2D eigenvalue weighted by molar-refractivity contribution is 6.27. The van der Waals surface area contributed by atoms with E-state index in [1.165, 1.54) is 35.9 Å². The Balaban J connectivity index is 1.41. The second kappa shape index (κ2) is 6.52. The second-order valence-corrected chi connectivity index (χ2v) is 9.73. The van der Waals surface area contributed by atoms with E-state index < -0.39 is 0 Å². The van der Waals surface area contributed by atoms with Gasteiger partial charge in [0.15, 0.2) is 0 Å². The lowest BCUT2D eigenvalue weighted by Gasteiger charge is -2.62. The van der Waals surface area contributed by atoms with Crippen molar-refractivity contribution in [1.82, 2.24) is 9.88 Å². The molecule has 30 heavy (non-hydrogen) atoms. The summed E-state index contributed by atoms with van der Waals surface area (Å²) in [6.45, 7) is 2.13. The largest absolute Gasteiger partial charge is 0.380 e. The average molecular weight is 420 g/mol. The number of aromatic amines is 1. The van der Waals surface area contributed by atoms with Gasteiger partial charge in [0.2, 0.25) is 5.91 Å². The van der Waals surface area contributed by atoms with E-state index >= 15 is 0 Å². The summed E-state index contributed by atoms with van der Waals surface area (Å²) in [5.74, 6) is 0.935. The Kier molecular flexibility index (Phi) is 3.98. The van der Waals surface area contributed by atoms with Gasteiger partial charge in [-0.05, 0) is 67.9 Å². The quantitative estimate of drug-likeness (QED) is 0.568. The number of amides is 1. The number of alkyl halides is 1. The first-order valence-corrected chi connectivity index (χ1v) is 11.5. The molecule has 2 N–H and O–H groups in total. The summed E-state index contributed by atoms with van der Waals surface area (Å²) in [6, 6.07) is 17.0. The maximum Gasteiger partial charge on any atom is 0.238 e. The molecular weight excluding hydrogens is 394 g/mol. The number of aromatic nitrogens is 1. The van der Waals surface area contributed by atoms with Crippen molar-refractivity contribution in [3.63, 3.8) is 0 Å². The zero-order valence-electron chi connectivity index (χ0n) is 17.1. The monoisotopic (exact) mass is 419 g/mol. The molecule has 3 aromatic rings. The van der Waals surface area contributed by atoms with E-state index in [1.54, 1.807) is 0 Å². The summed E-state index contributed by atoms with van der Waals surface area (Å²) in [5, 5.41) is 4.99. The van der Waals surface area contributed by atoms with Crippen LogP contribution in [-0.4, -0.2) is 33.3 Å². The molecule has 7 rings (SSSR count). The third-order valence-electron chi connectivity index (χ3n) is 7.45. The van der Waals surface area contributed by atoms with Crippen LogP contribution in [0, 0.1) is 5.92 Å². The highest BCUT2D eigenvalue weighted by atomic mass is 35.5. The van der Waals surface area contributed by atoms with E-state index in [4.69, 9.17) is 11.6 Å². The van der Waals surface area contributed by atoms with Crippen LogP contribution in [0.15, 0.2) is 48.5 Å². The van der Waals surface area contributed by atoms with Crippen molar-refractivity contribution in [3.8, 4) is 0 Å². The molecule has 2 bridgehead atoms. The normalized spacial score (nSPS) is 29.1. The molecule has 0 saturated heterocycles. The van der Waals surface area contributed by atoms with E-state index in [9.17, 15) is 4.79 Å². The number of benzene rings is 2. The highest BCUT2D eigenvalue weighted by Crippen LogP contribution is 2.58. The van der Waals surface area contributed by atoms with Gasteiger partial charge in [0.1, 0.15) is 5.88 Å². The Morgan fingerprint density at radius 3 is 2.57 bits per heavy atom. The third-order valence-corrected chi connectivity index (χ3v) is 7.68. The molecule has 2 atom stereocenters. The zero-order chi connectivity index (χ0) is 20.5. The predicted molar refractivity (Wildman–Crippen MR) is 121 cm³/mol. The number of carbonyl (C=O) groups excluding carboxylic acids is 1. The first-order chi connectivity index (χ1) is 14.6. The Morgan fingerprint density at radius 1 is 1.17 bits per heavy atom. The number of carbonyl (C=O) groups is 1. The van der Waals surface area contributed by atoms with Gasteiger partial charge in [-0.3, -0.25) is 4.79 Å². The minimum Gasteiger partial charge on any atom is -0.380 e. The van der Waals surface area contributed by atoms with Crippen LogP contribution < -0.4 is 5.32 Å². The van der Waals surface area contributed by atoms with Crippen LogP contribution >= 0.6 is 11.6 Å². The number of rotatable bonds is 4. The van der Waals surface area contributed by atoms with Crippen LogP contribution in [0.1, 0.15) is 49.0 Å². The molecule has 2 heterocycles. The fraction of sp³-hybridized carbons (Fsp3) is 0.400. The van der Waals surface area contributed by atoms with Gasteiger partial charge < -0.3 is 15.2 Å². The molecular formula is C25H26ClN3O. The number of anilines is 1. The van der Waals surface area contributed by atoms with Crippen LogP contribution in [0.4, 0.5) is 5.69 Å². The van der Waals surface area contributed by atoms with Crippen LogP contribution in [0.5, 0.6) is 0 Å². The first-order valence-electron chi connectivity index (χ1n) is 10.9. The highest BCUT2D eigenvalue weighted by Gasteiger charge is 2.56. The van der Waals surface area contributed by atoms with Gasteiger partial charge in [0, 0.05) is 33.9 Å². The van der Waals surface area contributed by atoms with Crippen molar-refractivity contribution in [1.29, 1.82) is 0 Å². The van der Waals surface area contributed by atoms with Gasteiger partial charge in [0.05, 0.1) is 6.04 Å². The second-order valence-electron chi connectivity index (χ2n) is 9.46. The Hall–Kier alpha value is -2.46. The van der Waals surface area contributed by atoms with Gasteiger partial charge >= 0.3 is 0 Å². The maximum absolute atomic E-state index is 12.9. The number of hydrogen-bond donors (Lipinski definition) is 2. The van der Waals surface area contributed by atoms with Gasteiger partial charge in [-0.1, -0.05) is 30.3 Å². The van der Waals surface area contributed by atoms with Crippen molar-refractivity contribution in [2.75, 3.05) is 11.2 Å². The molecule has 4 aliphatic rings. The van der Waals surface area contributed by atoms with E-state index in [2.05, 4.69) is 65.8 Å². The Morgan fingerprint density at radius 2 is 1.90 bits per heavy atom. The van der Waals surface area contributed by atoms with Crippen molar-refractivity contribution in [2.24, 2.45) is 5.92 Å². The molecule has 5 heteroatoms. The Labute approximate surface area is 181 Å². The number of para-hydroxylation sites is 1. The predicted octanol–water partition coefficient (Wildman–Crippen LogP) is 5.23. The molecule has 2 aromatic carbocycles. The van der Waals surface area contributed by atoms with Crippen LogP contribution in [0.3, 0.4) is 0 Å². The summed E-state index contributed by atoms with van der Waals surface area (Å²) >= 11 is 6.02. The topological polar surface area (TPSA) is 48.1 Å². The first kappa shape index (κ1) is 18.3. The number of nitrogens with one attached hydrogen (secondary N) is 2. The zero-order valence-corrected chi connectivity index (χ0v) is 17.9.